The zero-order valence-electron chi connectivity index (χ0n) is 13.7. The standard InChI is InChI=1S/C16H20F2N2O5/c1-22-14-7-11(4-5-13(14)25-16(17)18)8-20-24-10-15(21)19-9-12-3-2-6-23-12/h4-5,7-8,12,16H,2-3,6,9-10H2,1H3,(H,19,21). The Morgan fingerprint density at radius 1 is 1.48 bits per heavy atom. The normalized spacial score (nSPS) is 17.0. The second-order valence-electron chi connectivity index (χ2n) is 5.24. The number of benzene rings is 1. The molecule has 1 atom stereocenters. The van der Waals surface area contributed by atoms with Crippen molar-refractivity contribution in [1.82, 2.24) is 5.32 Å². The Labute approximate surface area is 143 Å². The summed E-state index contributed by atoms with van der Waals surface area (Å²) in [6.07, 6.45) is 3.34. The average molecular weight is 358 g/mol. The van der Waals surface area contributed by atoms with E-state index in [0.717, 1.165) is 19.4 Å². The summed E-state index contributed by atoms with van der Waals surface area (Å²) < 4.78 is 39.2. The number of ether oxygens (including phenoxy) is 3. The average Bonchev–Trinajstić information content (AvgIpc) is 3.11. The minimum absolute atomic E-state index is 0.0638. The van der Waals surface area contributed by atoms with Crippen LogP contribution in [0.1, 0.15) is 18.4 Å². The largest absolute Gasteiger partial charge is 0.493 e. The Morgan fingerprint density at radius 2 is 2.32 bits per heavy atom. The molecule has 0 bridgehead atoms. The summed E-state index contributed by atoms with van der Waals surface area (Å²) >= 11 is 0. The third-order valence-corrected chi connectivity index (χ3v) is 3.43. The van der Waals surface area contributed by atoms with Crippen molar-refractivity contribution in [1.29, 1.82) is 0 Å². The van der Waals surface area contributed by atoms with E-state index in [0.29, 0.717) is 12.1 Å². The molecule has 1 amide bonds. The highest BCUT2D eigenvalue weighted by molar-refractivity contribution is 5.81. The molecule has 1 aliphatic rings. The Balaban J connectivity index is 1.76. The molecule has 0 aliphatic carbocycles. The summed E-state index contributed by atoms with van der Waals surface area (Å²) in [7, 11) is 1.34. The summed E-state index contributed by atoms with van der Waals surface area (Å²) in [6.45, 7) is -1.99. The minimum Gasteiger partial charge on any atom is -0.493 e. The SMILES string of the molecule is COc1cc(C=NOCC(=O)NCC2CCCO2)ccc1OC(F)F. The number of nitrogens with zero attached hydrogens (tertiary/aromatic N) is 1. The molecule has 1 saturated heterocycles. The maximum atomic E-state index is 12.3. The van der Waals surface area contributed by atoms with Gasteiger partial charge in [0.1, 0.15) is 0 Å². The lowest BCUT2D eigenvalue weighted by Gasteiger charge is -2.10. The van der Waals surface area contributed by atoms with E-state index in [1.807, 2.05) is 0 Å². The van der Waals surface area contributed by atoms with Crippen LogP contribution in [0.4, 0.5) is 8.78 Å². The topological polar surface area (TPSA) is 78.4 Å². The fourth-order valence-corrected chi connectivity index (χ4v) is 2.24. The first-order valence-corrected chi connectivity index (χ1v) is 7.75. The number of hydrogen-bond acceptors (Lipinski definition) is 6. The van der Waals surface area contributed by atoms with E-state index < -0.39 is 6.61 Å². The van der Waals surface area contributed by atoms with Crippen molar-refractivity contribution < 1.29 is 32.6 Å². The van der Waals surface area contributed by atoms with Crippen LogP contribution in [0.3, 0.4) is 0 Å². The van der Waals surface area contributed by atoms with Crippen LogP contribution < -0.4 is 14.8 Å². The fourth-order valence-electron chi connectivity index (χ4n) is 2.24. The van der Waals surface area contributed by atoms with Crippen LogP contribution in [0.25, 0.3) is 0 Å². The van der Waals surface area contributed by atoms with Gasteiger partial charge in [-0.1, -0.05) is 5.16 Å². The predicted octanol–water partition coefficient (Wildman–Crippen LogP) is 1.94. The Hall–Kier alpha value is -2.42. The smallest absolute Gasteiger partial charge is 0.387 e. The van der Waals surface area contributed by atoms with Crippen molar-refractivity contribution in [3.05, 3.63) is 23.8 Å². The van der Waals surface area contributed by atoms with Crippen LogP contribution in [0.15, 0.2) is 23.4 Å². The molecule has 0 saturated carbocycles. The van der Waals surface area contributed by atoms with Gasteiger partial charge in [0.2, 0.25) is 0 Å². The Bertz CT molecular complexity index is 592. The lowest BCUT2D eigenvalue weighted by atomic mass is 10.2. The maximum Gasteiger partial charge on any atom is 0.387 e. The molecule has 2 rings (SSSR count). The van der Waals surface area contributed by atoms with E-state index in [9.17, 15) is 13.6 Å². The summed E-state index contributed by atoms with van der Waals surface area (Å²) in [6, 6.07) is 4.30. The van der Waals surface area contributed by atoms with E-state index in [-0.39, 0.29) is 30.1 Å². The molecule has 0 radical (unpaired) electrons. The van der Waals surface area contributed by atoms with Gasteiger partial charge >= 0.3 is 6.61 Å². The van der Waals surface area contributed by atoms with Crippen molar-refractivity contribution >= 4 is 12.1 Å². The Morgan fingerprint density at radius 3 is 3.00 bits per heavy atom. The van der Waals surface area contributed by atoms with Crippen molar-refractivity contribution in [3.63, 3.8) is 0 Å². The predicted molar refractivity (Wildman–Crippen MR) is 85.2 cm³/mol. The first-order valence-electron chi connectivity index (χ1n) is 7.75. The molecule has 1 aromatic carbocycles. The molecule has 1 N–H and O–H groups in total. The van der Waals surface area contributed by atoms with Crippen molar-refractivity contribution in [2.45, 2.75) is 25.6 Å². The van der Waals surface area contributed by atoms with E-state index in [4.69, 9.17) is 14.3 Å². The van der Waals surface area contributed by atoms with Crippen molar-refractivity contribution in [2.24, 2.45) is 5.16 Å². The van der Waals surface area contributed by atoms with Gasteiger partial charge in [-0.05, 0) is 31.0 Å². The molecule has 1 fully saturated rings. The first kappa shape index (κ1) is 18.9. The zero-order chi connectivity index (χ0) is 18.1. The lowest BCUT2D eigenvalue weighted by Crippen LogP contribution is -2.33. The van der Waals surface area contributed by atoms with Crippen LogP contribution in [0.5, 0.6) is 11.5 Å². The van der Waals surface area contributed by atoms with Gasteiger partial charge < -0.3 is 24.4 Å². The van der Waals surface area contributed by atoms with E-state index in [1.165, 1.54) is 31.5 Å². The molecule has 138 valence electrons. The summed E-state index contributed by atoms with van der Waals surface area (Å²) in [4.78, 5) is 16.5. The number of amides is 1. The monoisotopic (exact) mass is 358 g/mol. The quantitative estimate of drug-likeness (QED) is 0.539. The highest BCUT2D eigenvalue weighted by atomic mass is 19.3. The van der Waals surface area contributed by atoms with Crippen LogP contribution in [0.2, 0.25) is 0 Å². The fraction of sp³-hybridized carbons (Fsp3) is 0.500. The van der Waals surface area contributed by atoms with Crippen LogP contribution in [0, 0.1) is 0 Å². The maximum absolute atomic E-state index is 12.3. The second kappa shape index (κ2) is 9.77. The van der Waals surface area contributed by atoms with Gasteiger partial charge in [0, 0.05) is 18.7 Å². The molecule has 1 unspecified atom stereocenters. The third kappa shape index (κ3) is 6.54. The third-order valence-electron chi connectivity index (χ3n) is 3.43. The van der Waals surface area contributed by atoms with Crippen LogP contribution >= 0.6 is 0 Å². The Kier molecular flexibility index (Phi) is 7.39. The number of nitrogens with one attached hydrogen (secondary N) is 1. The van der Waals surface area contributed by atoms with E-state index >= 15 is 0 Å². The summed E-state index contributed by atoms with van der Waals surface area (Å²) in [5.41, 5.74) is 0.540. The number of alkyl halides is 2. The zero-order valence-corrected chi connectivity index (χ0v) is 13.7. The van der Waals surface area contributed by atoms with Gasteiger partial charge in [0.15, 0.2) is 18.1 Å². The van der Waals surface area contributed by atoms with E-state index in [2.05, 4.69) is 15.2 Å². The molecule has 0 spiro atoms. The number of halogens is 2. The van der Waals surface area contributed by atoms with E-state index in [1.54, 1.807) is 0 Å². The number of oxime groups is 1. The number of carbonyl (C=O) groups is 1. The van der Waals surface area contributed by atoms with Gasteiger partial charge in [-0.3, -0.25) is 4.79 Å². The summed E-state index contributed by atoms with van der Waals surface area (Å²) in [5, 5.41) is 6.36. The molecule has 1 aromatic rings. The lowest BCUT2D eigenvalue weighted by molar-refractivity contribution is -0.126. The van der Waals surface area contributed by atoms with Gasteiger partial charge in [0.05, 0.1) is 19.4 Å². The highest BCUT2D eigenvalue weighted by Gasteiger charge is 2.16. The minimum atomic E-state index is -2.94. The second-order valence-corrected chi connectivity index (χ2v) is 5.24. The van der Waals surface area contributed by atoms with Gasteiger partial charge in [0.25, 0.3) is 5.91 Å². The molecule has 1 heterocycles. The number of hydrogen-bond donors (Lipinski definition) is 1. The molecule has 1 aliphatic heterocycles. The number of carbonyl (C=O) groups excluding carboxylic acids is 1. The molecule has 9 heteroatoms. The number of rotatable bonds is 9. The molecular formula is C16H20F2N2O5. The molecular weight excluding hydrogens is 338 g/mol. The highest BCUT2D eigenvalue weighted by Crippen LogP contribution is 2.28. The van der Waals surface area contributed by atoms with Crippen molar-refractivity contribution in [2.75, 3.05) is 26.9 Å². The number of methoxy groups -OCH3 is 1. The van der Waals surface area contributed by atoms with Gasteiger partial charge in [-0.15, -0.1) is 0 Å². The first-order chi connectivity index (χ1) is 12.1. The van der Waals surface area contributed by atoms with Gasteiger partial charge in [-0.2, -0.15) is 8.78 Å². The van der Waals surface area contributed by atoms with Crippen LogP contribution in [-0.4, -0.2) is 51.7 Å². The van der Waals surface area contributed by atoms with Crippen molar-refractivity contribution in [3.8, 4) is 11.5 Å². The molecule has 0 aromatic heterocycles. The molecule has 7 nitrogen and oxygen atoms in total. The van der Waals surface area contributed by atoms with Gasteiger partial charge in [-0.25, -0.2) is 0 Å². The van der Waals surface area contributed by atoms with Crippen LogP contribution in [-0.2, 0) is 14.4 Å². The molecule has 25 heavy (non-hydrogen) atoms. The summed E-state index contributed by atoms with van der Waals surface area (Å²) in [5.74, 6) is -0.242.